The second kappa shape index (κ2) is 6.93. The van der Waals surface area contributed by atoms with Gasteiger partial charge in [0.1, 0.15) is 12.4 Å². The molecule has 0 atom stereocenters. The van der Waals surface area contributed by atoms with E-state index in [2.05, 4.69) is 20.3 Å². The highest BCUT2D eigenvalue weighted by Crippen LogP contribution is 2.16. The first-order valence-corrected chi connectivity index (χ1v) is 8.27. The van der Waals surface area contributed by atoms with E-state index in [4.69, 9.17) is 4.42 Å². The number of para-hydroxylation sites is 2. The topological polar surface area (TPSA) is 106 Å². The summed E-state index contributed by atoms with van der Waals surface area (Å²) in [4.78, 5) is 24.9. The number of hydrogen-bond acceptors (Lipinski definition) is 6. The molecule has 26 heavy (non-hydrogen) atoms. The van der Waals surface area contributed by atoms with Gasteiger partial charge < -0.3 is 19.4 Å². The molecule has 0 unspecified atom stereocenters. The summed E-state index contributed by atoms with van der Waals surface area (Å²) in [7, 11) is 0. The molecule has 0 aliphatic rings. The molecule has 1 aromatic carbocycles. The lowest BCUT2D eigenvalue weighted by atomic mass is 10.3. The molecule has 0 bridgehead atoms. The van der Waals surface area contributed by atoms with Crippen molar-refractivity contribution in [3.63, 3.8) is 0 Å². The fraction of sp³-hybridized carbons (Fsp3) is 0.222. The number of nitrogens with one attached hydrogen (secondary N) is 1. The van der Waals surface area contributed by atoms with Crippen LogP contribution in [0.4, 0.5) is 0 Å². The maximum Gasteiger partial charge on any atom is 0.222 e. The van der Waals surface area contributed by atoms with Crippen molar-refractivity contribution in [1.29, 1.82) is 0 Å². The lowest BCUT2D eigenvalue weighted by molar-refractivity contribution is -0.121. The molecule has 0 saturated carbocycles. The number of aliphatic hydroxyl groups excluding tert-OH is 1. The zero-order valence-corrected chi connectivity index (χ0v) is 13.9. The zero-order valence-electron chi connectivity index (χ0n) is 13.9. The molecule has 2 N–H and O–H groups in total. The number of aliphatic hydroxyl groups is 1. The summed E-state index contributed by atoms with van der Waals surface area (Å²) in [5, 5.41) is 12.3. The Morgan fingerprint density at radius 1 is 1.19 bits per heavy atom. The van der Waals surface area contributed by atoms with Gasteiger partial charge in [-0.25, -0.2) is 9.97 Å². The number of fused-ring (bicyclic) bond motifs is 2. The predicted molar refractivity (Wildman–Crippen MR) is 93.9 cm³/mol. The van der Waals surface area contributed by atoms with E-state index in [0.29, 0.717) is 29.5 Å². The summed E-state index contributed by atoms with van der Waals surface area (Å²) >= 11 is 0. The maximum atomic E-state index is 12.2. The van der Waals surface area contributed by atoms with Gasteiger partial charge in [-0.15, -0.1) is 0 Å². The highest BCUT2D eigenvalue weighted by molar-refractivity contribution is 5.78. The van der Waals surface area contributed by atoms with E-state index in [1.165, 1.54) is 0 Å². The summed E-state index contributed by atoms with van der Waals surface area (Å²) in [6.45, 7) is 0.455. The number of nitrogens with zero attached hydrogens (tertiary/aromatic N) is 4. The summed E-state index contributed by atoms with van der Waals surface area (Å²) in [5.41, 5.74) is 2.81. The van der Waals surface area contributed by atoms with Crippen LogP contribution < -0.4 is 5.32 Å². The number of amides is 1. The van der Waals surface area contributed by atoms with Crippen LogP contribution in [0, 0.1) is 0 Å². The largest absolute Gasteiger partial charge is 0.437 e. The van der Waals surface area contributed by atoms with E-state index in [-0.39, 0.29) is 25.5 Å². The number of benzene rings is 1. The number of pyridine rings is 1. The molecule has 0 aliphatic heterocycles. The van der Waals surface area contributed by atoms with Crippen LogP contribution in [0.2, 0.25) is 0 Å². The van der Waals surface area contributed by atoms with Crippen LogP contribution >= 0.6 is 0 Å². The van der Waals surface area contributed by atoms with Crippen molar-refractivity contribution in [3.05, 3.63) is 54.3 Å². The summed E-state index contributed by atoms with van der Waals surface area (Å²) in [6, 6.07) is 11.1. The molecule has 3 heterocycles. The number of oxazole rings is 1. The average Bonchev–Trinajstić information content (AvgIpc) is 3.25. The number of rotatable bonds is 6. The Balaban J connectivity index is 1.39. The van der Waals surface area contributed by atoms with Gasteiger partial charge >= 0.3 is 0 Å². The van der Waals surface area contributed by atoms with Crippen LogP contribution in [0.1, 0.15) is 18.1 Å². The van der Waals surface area contributed by atoms with E-state index < -0.39 is 0 Å². The molecule has 0 fully saturated rings. The number of carbonyl (C=O) groups excluding carboxylic acids is 1. The molecule has 8 nitrogen and oxygen atoms in total. The van der Waals surface area contributed by atoms with E-state index in [0.717, 1.165) is 11.0 Å². The number of imidazole rings is 1. The normalized spacial score (nSPS) is 11.3. The smallest absolute Gasteiger partial charge is 0.222 e. The summed E-state index contributed by atoms with van der Waals surface area (Å²) in [5.74, 6) is 0.821. The zero-order chi connectivity index (χ0) is 17.9. The lowest BCUT2D eigenvalue weighted by Gasteiger charge is -2.08. The number of aromatic nitrogens is 4. The van der Waals surface area contributed by atoms with Gasteiger partial charge in [-0.3, -0.25) is 4.79 Å². The molecule has 4 aromatic rings. The molecule has 4 rings (SSSR count). The minimum atomic E-state index is -0.174. The van der Waals surface area contributed by atoms with Crippen molar-refractivity contribution in [2.45, 2.75) is 26.1 Å². The Kier molecular flexibility index (Phi) is 4.32. The van der Waals surface area contributed by atoms with E-state index >= 15 is 0 Å². The van der Waals surface area contributed by atoms with Crippen LogP contribution in [0.5, 0.6) is 0 Å². The van der Waals surface area contributed by atoms with Crippen molar-refractivity contribution in [2.24, 2.45) is 0 Å². The minimum Gasteiger partial charge on any atom is -0.437 e. The van der Waals surface area contributed by atoms with Crippen LogP contribution in [-0.4, -0.2) is 30.5 Å². The third kappa shape index (κ3) is 3.14. The Bertz CT molecular complexity index is 1040. The monoisotopic (exact) mass is 351 g/mol. The minimum absolute atomic E-state index is 0.137. The number of hydrogen-bond donors (Lipinski definition) is 2. The van der Waals surface area contributed by atoms with Gasteiger partial charge in [0.2, 0.25) is 11.8 Å². The van der Waals surface area contributed by atoms with Crippen molar-refractivity contribution in [2.75, 3.05) is 0 Å². The first-order chi connectivity index (χ1) is 12.7. The Labute approximate surface area is 148 Å². The standard InChI is InChI=1S/C18H17N5O3/c24-11-15-21-12-4-1-2-5-13(12)23(15)9-7-16(25)20-10-17-22-18-14(26-17)6-3-8-19-18/h1-6,8,24H,7,9-11H2,(H,20,25). The van der Waals surface area contributed by atoms with Gasteiger partial charge in [-0.05, 0) is 24.3 Å². The van der Waals surface area contributed by atoms with Crippen molar-refractivity contribution in [1.82, 2.24) is 24.8 Å². The summed E-state index contributed by atoms with van der Waals surface area (Å²) in [6.07, 6.45) is 1.90. The van der Waals surface area contributed by atoms with Crippen LogP contribution in [0.15, 0.2) is 47.0 Å². The van der Waals surface area contributed by atoms with Gasteiger partial charge in [-0.2, -0.15) is 4.98 Å². The fourth-order valence-electron chi connectivity index (χ4n) is 2.86. The quantitative estimate of drug-likeness (QED) is 0.548. The molecular weight excluding hydrogens is 334 g/mol. The van der Waals surface area contributed by atoms with Crippen LogP contribution in [-0.2, 0) is 24.5 Å². The molecule has 132 valence electrons. The van der Waals surface area contributed by atoms with Crippen molar-refractivity contribution < 1.29 is 14.3 Å². The summed E-state index contributed by atoms with van der Waals surface area (Å²) < 4.78 is 7.39. The number of carbonyl (C=O) groups is 1. The number of aryl methyl sites for hydroxylation is 1. The van der Waals surface area contributed by atoms with E-state index in [9.17, 15) is 9.90 Å². The average molecular weight is 351 g/mol. The second-order valence-electron chi connectivity index (χ2n) is 5.79. The van der Waals surface area contributed by atoms with Gasteiger partial charge in [0, 0.05) is 19.2 Å². The third-order valence-electron chi connectivity index (χ3n) is 4.08. The maximum absolute atomic E-state index is 12.2. The third-order valence-corrected chi connectivity index (χ3v) is 4.08. The van der Waals surface area contributed by atoms with Gasteiger partial charge in [0.05, 0.1) is 17.6 Å². The Morgan fingerprint density at radius 3 is 2.92 bits per heavy atom. The molecule has 1 amide bonds. The lowest BCUT2D eigenvalue weighted by Crippen LogP contribution is -2.24. The molecule has 0 saturated heterocycles. The molecule has 3 aromatic heterocycles. The molecule has 8 heteroatoms. The highest BCUT2D eigenvalue weighted by Gasteiger charge is 2.12. The molecule has 0 radical (unpaired) electrons. The SMILES string of the molecule is O=C(CCn1c(CO)nc2ccccc21)NCc1nc2ncccc2o1. The van der Waals surface area contributed by atoms with Gasteiger partial charge in [0.15, 0.2) is 11.2 Å². The van der Waals surface area contributed by atoms with Crippen molar-refractivity contribution >= 4 is 28.2 Å². The fourth-order valence-corrected chi connectivity index (χ4v) is 2.86. The first-order valence-electron chi connectivity index (χ1n) is 8.27. The van der Waals surface area contributed by atoms with E-state index in [1.54, 1.807) is 18.3 Å². The van der Waals surface area contributed by atoms with E-state index in [1.807, 2.05) is 28.8 Å². The second-order valence-corrected chi connectivity index (χ2v) is 5.79. The molecular formula is C18H17N5O3. The Morgan fingerprint density at radius 2 is 2.08 bits per heavy atom. The molecule has 0 spiro atoms. The van der Waals surface area contributed by atoms with Crippen molar-refractivity contribution in [3.8, 4) is 0 Å². The Hall–Kier alpha value is -3.26. The van der Waals surface area contributed by atoms with Gasteiger partial charge in [-0.1, -0.05) is 12.1 Å². The van der Waals surface area contributed by atoms with Crippen LogP contribution in [0.25, 0.3) is 22.3 Å². The van der Waals surface area contributed by atoms with Gasteiger partial charge in [0.25, 0.3) is 0 Å². The highest BCUT2D eigenvalue weighted by atomic mass is 16.3. The first kappa shape index (κ1) is 16.2. The predicted octanol–water partition coefficient (Wildman–Crippen LogP) is 1.77. The van der Waals surface area contributed by atoms with Crippen LogP contribution in [0.3, 0.4) is 0 Å². The molecule has 0 aliphatic carbocycles.